The van der Waals surface area contributed by atoms with Crippen LogP contribution in [-0.4, -0.2) is 28.9 Å². The Kier molecular flexibility index (Phi) is 10.1. The molecule has 1 unspecified atom stereocenters. The zero-order valence-corrected chi connectivity index (χ0v) is 26.2. The predicted octanol–water partition coefficient (Wildman–Crippen LogP) is 8.86. The van der Waals surface area contributed by atoms with E-state index >= 15 is 0 Å². The molecule has 0 aliphatic heterocycles. The van der Waals surface area contributed by atoms with Crippen molar-refractivity contribution < 1.29 is 9.53 Å². The maximum absolute atomic E-state index is 14.4. The van der Waals surface area contributed by atoms with Crippen LogP contribution in [0.2, 0.25) is 0 Å². The second kappa shape index (κ2) is 15.2. The van der Waals surface area contributed by atoms with Crippen LogP contribution in [0.4, 0.5) is 0 Å². The third kappa shape index (κ3) is 7.51. The number of hydrogen-bond acceptors (Lipinski definition) is 4. The first-order valence-corrected chi connectivity index (χ1v) is 16.0. The van der Waals surface area contributed by atoms with Crippen molar-refractivity contribution in [2.45, 2.75) is 32.5 Å². The van der Waals surface area contributed by atoms with Crippen molar-refractivity contribution in [3.63, 3.8) is 0 Å². The highest BCUT2D eigenvalue weighted by atomic mass is 16.5. The van der Waals surface area contributed by atoms with Gasteiger partial charge in [0, 0.05) is 30.6 Å². The molecule has 1 N–H and O–H groups in total. The molecule has 5 heteroatoms. The predicted molar refractivity (Wildman–Crippen MR) is 187 cm³/mol. The number of aromatic nitrogens is 1. The van der Waals surface area contributed by atoms with E-state index < -0.39 is 0 Å². The molecule has 0 saturated carbocycles. The lowest BCUT2D eigenvalue weighted by atomic mass is 10.00. The van der Waals surface area contributed by atoms with Crippen LogP contribution in [0.3, 0.4) is 0 Å². The number of hydrogen-bond donors (Lipinski definition) is 1. The molecule has 0 saturated heterocycles. The number of pyridine rings is 1. The first-order valence-electron chi connectivity index (χ1n) is 16.0. The normalized spacial score (nSPS) is 11.8. The summed E-state index contributed by atoms with van der Waals surface area (Å²) in [6.45, 7) is 4.69. The van der Waals surface area contributed by atoms with Crippen molar-refractivity contribution in [3.05, 3.63) is 168 Å². The summed E-state index contributed by atoms with van der Waals surface area (Å²) >= 11 is 0. The zero-order valence-electron chi connectivity index (χ0n) is 26.2. The minimum atomic E-state index is -0.174. The van der Waals surface area contributed by atoms with Crippen molar-refractivity contribution in [1.29, 1.82) is 0 Å². The summed E-state index contributed by atoms with van der Waals surface area (Å²) in [6, 6.07) is 48.8. The number of carbonyl (C=O) groups excluding carboxylic acids is 1. The number of fused-ring (bicyclic) bond motifs is 1. The fraction of sp³-hybridized carbons (Fsp3) is 0.171. The lowest BCUT2D eigenvalue weighted by molar-refractivity contribution is 0.0932. The first kappa shape index (κ1) is 30.8. The van der Waals surface area contributed by atoms with E-state index in [9.17, 15) is 4.79 Å². The number of ether oxygens (including phenoxy) is 1. The van der Waals surface area contributed by atoms with E-state index in [4.69, 9.17) is 9.72 Å². The van der Waals surface area contributed by atoms with Gasteiger partial charge in [0.25, 0.3) is 5.91 Å². The minimum Gasteiger partial charge on any atom is -0.489 e. The molecule has 1 amide bonds. The van der Waals surface area contributed by atoms with Gasteiger partial charge < -0.3 is 10.1 Å². The summed E-state index contributed by atoms with van der Waals surface area (Å²) in [5.41, 5.74) is 6.37. The lowest BCUT2D eigenvalue weighted by Crippen LogP contribution is -2.30. The number of carbonyl (C=O) groups is 1. The van der Waals surface area contributed by atoms with Crippen molar-refractivity contribution in [3.8, 4) is 17.0 Å². The Bertz CT molecular complexity index is 1800. The molecule has 1 heterocycles. The Hall–Kier alpha value is -5.26. The highest BCUT2D eigenvalue weighted by Gasteiger charge is 2.25. The Morgan fingerprint density at radius 2 is 1.26 bits per heavy atom. The van der Waals surface area contributed by atoms with E-state index in [1.165, 1.54) is 11.1 Å². The molecule has 5 aromatic carbocycles. The SMILES string of the molecule is CCC(NC(=O)c1c(OCCN(Cc2ccccc2)Cc2ccccc2)c(-c2ccccc2)nc2ccccc12)c1ccccc1. The molecule has 5 nitrogen and oxygen atoms in total. The molecule has 230 valence electrons. The quantitative estimate of drug-likeness (QED) is 0.143. The third-order valence-corrected chi connectivity index (χ3v) is 8.19. The molecule has 1 atom stereocenters. The van der Waals surface area contributed by atoms with Crippen LogP contribution in [0.15, 0.2) is 146 Å². The minimum absolute atomic E-state index is 0.138. The maximum atomic E-state index is 14.4. The summed E-state index contributed by atoms with van der Waals surface area (Å²) in [4.78, 5) is 21.8. The summed E-state index contributed by atoms with van der Waals surface area (Å²) < 4.78 is 6.71. The van der Waals surface area contributed by atoms with Crippen LogP contribution in [0.5, 0.6) is 5.75 Å². The van der Waals surface area contributed by atoms with E-state index in [0.717, 1.165) is 41.5 Å². The molecule has 6 aromatic rings. The molecule has 6 rings (SSSR count). The van der Waals surface area contributed by atoms with Crippen LogP contribution >= 0.6 is 0 Å². The second-order valence-electron chi connectivity index (χ2n) is 11.4. The molecule has 0 fully saturated rings. The number of nitrogens with one attached hydrogen (secondary N) is 1. The van der Waals surface area contributed by atoms with Gasteiger partial charge in [-0.05, 0) is 29.2 Å². The lowest BCUT2D eigenvalue weighted by Gasteiger charge is -2.24. The van der Waals surface area contributed by atoms with Crippen LogP contribution in [0.1, 0.15) is 46.4 Å². The summed E-state index contributed by atoms with van der Waals surface area (Å²) in [5, 5.41) is 4.08. The fourth-order valence-electron chi connectivity index (χ4n) is 5.86. The van der Waals surface area contributed by atoms with E-state index in [1.54, 1.807) is 0 Å². The van der Waals surface area contributed by atoms with E-state index in [1.807, 2.05) is 84.9 Å². The Labute approximate surface area is 271 Å². The number of nitrogens with zero attached hydrogens (tertiary/aromatic N) is 2. The number of para-hydroxylation sites is 1. The van der Waals surface area contributed by atoms with E-state index in [2.05, 4.69) is 77.8 Å². The smallest absolute Gasteiger partial charge is 0.256 e. The highest BCUT2D eigenvalue weighted by Crippen LogP contribution is 2.37. The molecule has 0 aliphatic rings. The largest absolute Gasteiger partial charge is 0.489 e. The maximum Gasteiger partial charge on any atom is 0.256 e. The van der Waals surface area contributed by atoms with Gasteiger partial charge in [-0.1, -0.05) is 146 Å². The molecule has 0 spiro atoms. The van der Waals surface area contributed by atoms with Gasteiger partial charge in [0.1, 0.15) is 12.3 Å². The molecule has 46 heavy (non-hydrogen) atoms. The second-order valence-corrected chi connectivity index (χ2v) is 11.4. The summed E-state index contributed by atoms with van der Waals surface area (Å²) in [6.07, 6.45) is 0.758. The van der Waals surface area contributed by atoms with Gasteiger partial charge in [-0.25, -0.2) is 4.98 Å². The van der Waals surface area contributed by atoms with Crippen molar-refractivity contribution in [2.24, 2.45) is 0 Å². The molecule has 0 radical (unpaired) electrons. The van der Waals surface area contributed by atoms with Gasteiger partial charge >= 0.3 is 0 Å². The monoisotopic (exact) mass is 605 g/mol. The summed E-state index contributed by atoms with van der Waals surface area (Å²) in [7, 11) is 0. The topological polar surface area (TPSA) is 54.5 Å². The van der Waals surface area contributed by atoms with E-state index in [-0.39, 0.29) is 11.9 Å². The van der Waals surface area contributed by atoms with Gasteiger partial charge in [0.2, 0.25) is 0 Å². The van der Waals surface area contributed by atoms with Crippen LogP contribution in [0, 0.1) is 0 Å². The molecule has 0 aliphatic carbocycles. The molecule has 1 aromatic heterocycles. The third-order valence-electron chi connectivity index (χ3n) is 8.19. The van der Waals surface area contributed by atoms with Gasteiger partial charge in [0.15, 0.2) is 5.75 Å². The fourth-order valence-corrected chi connectivity index (χ4v) is 5.86. The molecular formula is C41H39N3O2. The molecule has 0 bridgehead atoms. The average Bonchev–Trinajstić information content (AvgIpc) is 3.11. The first-order chi connectivity index (χ1) is 22.7. The van der Waals surface area contributed by atoms with Crippen molar-refractivity contribution >= 4 is 16.8 Å². The Morgan fingerprint density at radius 1 is 0.717 bits per heavy atom. The highest BCUT2D eigenvalue weighted by molar-refractivity contribution is 6.10. The van der Waals surface area contributed by atoms with Crippen LogP contribution < -0.4 is 10.1 Å². The van der Waals surface area contributed by atoms with Gasteiger partial charge in [0.05, 0.1) is 17.1 Å². The van der Waals surface area contributed by atoms with E-state index in [0.29, 0.717) is 30.2 Å². The average molecular weight is 606 g/mol. The van der Waals surface area contributed by atoms with Crippen LogP contribution in [-0.2, 0) is 13.1 Å². The molecular weight excluding hydrogens is 566 g/mol. The number of amides is 1. The van der Waals surface area contributed by atoms with Crippen molar-refractivity contribution in [1.82, 2.24) is 15.2 Å². The zero-order chi connectivity index (χ0) is 31.6. The number of benzene rings is 5. The van der Waals surface area contributed by atoms with Crippen molar-refractivity contribution in [2.75, 3.05) is 13.2 Å². The standard InChI is InChI=1S/C41H39N3O2/c1-2-36(33-21-11-5-12-22-33)43-41(45)38-35-25-15-16-26-37(35)42-39(34-23-13-6-14-24-34)40(38)46-28-27-44(29-31-17-7-3-8-18-31)30-32-19-9-4-10-20-32/h3-26,36H,2,27-30H2,1H3,(H,43,45). The van der Waals surface area contributed by atoms with Crippen LogP contribution in [0.25, 0.3) is 22.2 Å². The number of rotatable bonds is 13. The Morgan fingerprint density at radius 3 is 1.87 bits per heavy atom. The van der Waals surface area contributed by atoms with Gasteiger partial charge in [-0.15, -0.1) is 0 Å². The summed E-state index contributed by atoms with van der Waals surface area (Å²) in [5.74, 6) is 0.330. The van der Waals surface area contributed by atoms with Gasteiger partial charge in [-0.3, -0.25) is 9.69 Å². The van der Waals surface area contributed by atoms with Gasteiger partial charge in [-0.2, -0.15) is 0 Å². The Balaban J connectivity index is 1.36.